The number of hydrogen-bond donors (Lipinski definition) is 8. The van der Waals surface area contributed by atoms with Gasteiger partial charge in [-0.1, -0.05) is 56.3 Å². The molecule has 1 atom stereocenters. The standard InChI is InChI=1S/C46H61N11O6S/c1-32(2)45(46(63)50-18-22-64)54-41(59)30-56(20-14-34-25-51-38-12-5-3-10-36(34)38)43(61)28-53-40(58)29-55(19-8-16-47)44(62)31-57(42(60)27-49-24-33-9-7-17-48-23-33)21-15-35-26-52-39-13-6-4-11-37(35)39/h3-7,9-13,17,23,25-26,32,45,49,51-52,64H,8,14-16,18-22,24,27-31,47H2,1-2H3,(H,50,63)(H,53,58)(H,54,59). The Kier molecular flexibility index (Phi) is 19.2. The number of H-pyrrole nitrogens is 2. The zero-order chi connectivity index (χ0) is 45.8. The van der Waals surface area contributed by atoms with Gasteiger partial charge >= 0.3 is 0 Å². The third-order valence-corrected chi connectivity index (χ3v) is 11.0. The van der Waals surface area contributed by atoms with Gasteiger partial charge in [0.1, 0.15) is 6.04 Å². The van der Waals surface area contributed by atoms with E-state index in [2.05, 4.69) is 48.8 Å². The smallest absolute Gasteiger partial charge is 0.242 e. The van der Waals surface area contributed by atoms with Gasteiger partial charge in [0, 0.05) is 85.1 Å². The summed E-state index contributed by atoms with van der Waals surface area (Å²) < 4.78 is 0. The van der Waals surface area contributed by atoms with E-state index in [0.29, 0.717) is 38.1 Å². The number of nitrogens with two attached hydrogens (primary N) is 1. The normalized spacial score (nSPS) is 11.6. The summed E-state index contributed by atoms with van der Waals surface area (Å²) in [6.45, 7) is 3.64. The molecule has 0 fully saturated rings. The minimum Gasteiger partial charge on any atom is -0.361 e. The maximum atomic E-state index is 14.0. The summed E-state index contributed by atoms with van der Waals surface area (Å²) in [5.74, 6) is -2.57. The van der Waals surface area contributed by atoms with Crippen LogP contribution in [0.25, 0.3) is 21.8 Å². The quantitative estimate of drug-likeness (QED) is 0.0378. The van der Waals surface area contributed by atoms with Crippen LogP contribution in [0.4, 0.5) is 0 Å². The van der Waals surface area contributed by atoms with Crippen molar-refractivity contribution in [1.29, 1.82) is 0 Å². The van der Waals surface area contributed by atoms with Crippen LogP contribution in [0.3, 0.4) is 0 Å². The molecule has 0 aliphatic carbocycles. The van der Waals surface area contributed by atoms with E-state index in [1.807, 2.05) is 86.9 Å². The second-order valence-electron chi connectivity index (χ2n) is 15.9. The molecule has 0 saturated carbocycles. The molecular weight excluding hydrogens is 835 g/mol. The second-order valence-corrected chi connectivity index (χ2v) is 16.3. The molecule has 17 nitrogen and oxygen atoms in total. The summed E-state index contributed by atoms with van der Waals surface area (Å²) in [6.07, 6.45) is 8.42. The molecule has 342 valence electrons. The van der Waals surface area contributed by atoms with E-state index in [1.54, 1.807) is 12.4 Å². The fourth-order valence-electron chi connectivity index (χ4n) is 7.27. The first-order valence-electron chi connectivity index (χ1n) is 21.6. The minimum atomic E-state index is -0.836. The number of fused-ring (bicyclic) bond motifs is 2. The number of thiol groups is 1. The van der Waals surface area contributed by atoms with Crippen molar-refractivity contribution in [2.75, 3.05) is 71.2 Å². The van der Waals surface area contributed by atoms with Gasteiger partial charge in [-0.25, -0.2) is 0 Å². The van der Waals surface area contributed by atoms with Crippen molar-refractivity contribution >= 4 is 69.9 Å². The lowest BCUT2D eigenvalue weighted by molar-refractivity contribution is -0.142. The van der Waals surface area contributed by atoms with Gasteiger partial charge in [-0.3, -0.25) is 33.8 Å². The van der Waals surface area contributed by atoms with Crippen LogP contribution in [0, 0.1) is 5.92 Å². The van der Waals surface area contributed by atoms with Crippen LogP contribution in [-0.4, -0.2) is 142 Å². The molecule has 1 unspecified atom stereocenters. The number of carbonyl (C=O) groups is 6. The SMILES string of the molecule is CC(C)C(NC(=O)CN(CCc1c[nH]c2ccccc12)C(=O)CNC(=O)CN(CCCN)C(=O)CN(CCc1c[nH]c2ccccc12)C(=O)CNCc1cccnc1)C(=O)NCCS. The minimum absolute atomic E-state index is 0.0301. The Morgan fingerprint density at radius 2 is 1.31 bits per heavy atom. The van der Waals surface area contributed by atoms with Crippen LogP contribution >= 0.6 is 12.6 Å². The molecule has 0 aliphatic rings. The van der Waals surface area contributed by atoms with Gasteiger partial charge < -0.3 is 51.7 Å². The van der Waals surface area contributed by atoms with E-state index in [4.69, 9.17) is 5.73 Å². The lowest BCUT2D eigenvalue weighted by Gasteiger charge is -2.28. The molecule has 5 aromatic rings. The molecule has 64 heavy (non-hydrogen) atoms. The number of carbonyl (C=O) groups excluding carboxylic acids is 6. The van der Waals surface area contributed by atoms with E-state index >= 15 is 0 Å². The number of nitrogens with one attached hydrogen (secondary N) is 6. The van der Waals surface area contributed by atoms with Gasteiger partial charge in [0.25, 0.3) is 0 Å². The first kappa shape index (κ1) is 48.8. The Labute approximate surface area is 379 Å². The van der Waals surface area contributed by atoms with Crippen LogP contribution in [0.5, 0.6) is 0 Å². The number of pyridine rings is 1. The summed E-state index contributed by atoms with van der Waals surface area (Å²) in [6, 6.07) is 18.5. The van der Waals surface area contributed by atoms with Crippen LogP contribution in [0.2, 0.25) is 0 Å². The maximum Gasteiger partial charge on any atom is 0.242 e. The number of aromatic nitrogens is 3. The second kappa shape index (κ2) is 25.2. The average molecular weight is 896 g/mol. The van der Waals surface area contributed by atoms with Gasteiger partial charge in [0.05, 0.1) is 32.7 Å². The van der Waals surface area contributed by atoms with Gasteiger partial charge in [-0.05, 0) is 66.6 Å². The molecule has 3 aromatic heterocycles. The lowest BCUT2D eigenvalue weighted by atomic mass is 10.0. The van der Waals surface area contributed by atoms with Crippen molar-refractivity contribution in [3.8, 4) is 0 Å². The number of aromatic amines is 2. The first-order valence-corrected chi connectivity index (χ1v) is 22.3. The number of hydrogen-bond acceptors (Lipinski definition) is 10. The van der Waals surface area contributed by atoms with E-state index in [1.165, 1.54) is 14.7 Å². The number of para-hydroxylation sites is 2. The topological polar surface area (TPSA) is 231 Å². The van der Waals surface area contributed by atoms with Crippen molar-refractivity contribution in [3.63, 3.8) is 0 Å². The lowest BCUT2D eigenvalue weighted by Crippen LogP contribution is -2.53. The first-order chi connectivity index (χ1) is 31.0. The fourth-order valence-corrected chi connectivity index (χ4v) is 7.38. The Morgan fingerprint density at radius 3 is 1.91 bits per heavy atom. The molecule has 2 aromatic carbocycles. The van der Waals surface area contributed by atoms with Crippen molar-refractivity contribution in [2.24, 2.45) is 11.7 Å². The van der Waals surface area contributed by atoms with Gasteiger partial charge in [0.15, 0.2) is 0 Å². The van der Waals surface area contributed by atoms with Crippen LogP contribution in [0.1, 0.15) is 37.0 Å². The Morgan fingerprint density at radius 1 is 0.719 bits per heavy atom. The zero-order valence-corrected chi connectivity index (χ0v) is 37.5. The highest BCUT2D eigenvalue weighted by Gasteiger charge is 2.27. The molecule has 0 saturated heterocycles. The highest BCUT2D eigenvalue weighted by molar-refractivity contribution is 7.80. The summed E-state index contributed by atoms with van der Waals surface area (Å²) in [7, 11) is 0. The third kappa shape index (κ3) is 14.7. The average Bonchev–Trinajstić information content (AvgIpc) is 3.92. The van der Waals surface area contributed by atoms with Gasteiger partial charge in [-0.2, -0.15) is 12.6 Å². The predicted molar refractivity (Wildman–Crippen MR) is 250 cm³/mol. The Bertz CT molecular complexity index is 2320. The van der Waals surface area contributed by atoms with Crippen LogP contribution < -0.4 is 27.0 Å². The van der Waals surface area contributed by atoms with Crippen LogP contribution in [-0.2, 0) is 48.2 Å². The maximum absolute atomic E-state index is 14.0. The number of benzene rings is 2. The number of rotatable bonds is 26. The molecule has 8 N–H and O–H groups in total. The monoisotopic (exact) mass is 895 g/mol. The molecular formula is C46H61N11O6S. The van der Waals surface area contributed by atoms with Crippen molar-refractivity contribution in [1.82, 2.24) is 50.9 Å². The summed E-state index contributed by atoms with van der Waals surface area (Å²) in [5.41, 5.74) is 10.6. The zero-order valence-electron chi connectivity index (χ0n) is 36.6. The Balaban J connectivity index is 1.24. The summed E-state index contributed by atoms with van der Waals surface area (Å²) in [5, 5.41) is 13.3. The van der Waals surface area contributed by atoms with E-state index in [-0.39, 0.29) is 70.1 Å². The highest BCUT2D eigenvalue weighted by atomic mass is 32.1. The fraction of sp³-hybridized carbons (Fsp3) is 0.413. The molecule has 0 radical (unpaired) electrons. The van der Waals surface area contributed by atoms with Crippen molar-refractivity contribution in [3.05, 3.63) is 102 Å². The molecule has 0 spiro atoms. The van der Waals surface area contributed by atoms with E-state index in [9.17, 15) is 28.8 Å². The van der Waals surface area contributed by atoms with Crippen molar-refractivity contribution in [2.45, 2.75) is 45.7 Å². The predicted octanol–water partition coefficient (Wildman–Crippen LogP) is 1.76. The summed E-state index contributed by atoms with van der Waals surface area (Å²) >= 11 is 4.15. The number of nitrogens with zero attached hydrogens (tertiary/aromatic N) is 4. The largest absolute Gasteiger partial charge is 0.361 e. The summed E-state index contributed by atoms with van der Waals surface area (Å²) in [4.78, 5) is 96.1. The molecule has 0 aliphatic heterocycles. The molecule has 6 amide bonds. The third-order valence-electron chi connectivity index (χ3n) is 10.8. The van der Waals surface area contributed by atoms with E-state index < -0.39 is 36.2 Å². The van der Waals surface area contributed by atoms with E-state index in [0.717, 1.165) is 38.5 Å². The number of amides is 6. The van der Waals surface area contributed by atoms with Crippen molar-refractivity contribution < 1.29 is 28.8 Å². The highest BCUT2D eigenvalue weighted by Crippen LogP contribution is 2.20. The molecule has 3 heterocycles. The van der Waals surface area contributed by atoms with Gasteiger partial charge in [-0.15, -0.1) is 0 Å². The molecule has 0 bridgehead atoms. The Hall–Kier alpha value is -6.24. The van der Waals surface area contributed by atoms with Gasteiger partial charge in [0.2, 0.25) is 35.4 Å². The van der Waals surface area contributed by atoms with Crippen LogP contribution in [0.15, 0.2) is 85.5 Å². The molecule has 5 rings (SSSR count). The molecule has 18 heteroatoms.